The third kappa shape index (κ3) is 4.66. The summed E-state index contributed by atoms with van der Waals surface area (Å²) in [6.45, 7) is 4.49. The summed E-state index contributed by atoms with van der Waals surface area (Å²) < 4.78 is 0. The number of hydrogen-bond acceptors (Lipinski definition) is 1. The van der Waals surface area contributed by atoms with Gasteiger partial charge >= 0.3 is 0 Å². The fraction of sp³-hybridized carbons (Fsp3) is 0.500. The van der Waals surface area contributed by atoms with Crippen LogP contribution in [-0.2, 0) is 6.42 Å². The summed E-state index contributed by atoms with van der Waals surface area (Å²) in [4.78, 5) is 4.96. The van der Waals surface area contributed by atoms with Crippen LogP contribution in [0.4, 0.5) is 0 Å². The van der Waals surface area contributed by atoms with Crippen LogP contribution in [0.2, 0.25) is 0 Å². The minimum absolute atomic E-state index is 0.537. The molecule has 1 aromatic rings. The molecule has 0 saturated carbocycles. The molecular formula is C18H25N. The van der Waals surface area contributed by atoms with E-state index in [2.05, 4.69) is 50.3 Å². The molecule has 1 nitrogen and oxygen atoms in total. The van der Waals surface area contributed by atoms with E-state index in [1.54, 1.807) is 0 Å². The summed E-state index contributed by atoms with van der Waals surface area (Å²) in [5.74, 6) is 0. The number of aryl methyl sites for hydroxylation is 1. The number of nitrogens with zero attached hydrogens (tertiary/aromatic N) is 1. The third-order valence-electron chi connectivity index (χ3n) is 3.85. The molecule has 0 fully saturated rings. The fourth-order valence-corrected chi connectivity index (χ4v) is 2.66. The summed E-state index contributed by atoms with van der Waals surface area (Å²) in [6.07, 6.45) is 9.43. The van der Waals surface area contributed by atoms with Gasteiger partial charge in [-0.25, -0.2) is 0 Å². The first-order valence-corrected chi connectivity index (χ1v) is 7.55. The van der Waals surface area contributed by atoms with Crippen molar-refractivity contribution in [2.24, 2.45) is 4.99 Å². The maximum absolute atomic E-state index is 4.96. The van der Waals surface area contributed by atoms with E-state index < -0.39 is 0 Å². The standard InChI is InChI=1S/C18H25N/c1-3-17-11-7-8-15(2)14-18(19-17)13-12-16-9-5-4-6-10-16/h4-6,9-10,14,17H,3,7-8,11-13H2,1-2H3/b15-14-,19-18?. The summed E-state index contributed by atoms with van der Waals surface area (Å²) >= 11 is 0. The van der Waals surface area contributed by atoms with Crippen molar-refractivity contribution in [3.05, 3.63) is 47.5 Å². The highest BCUT2D eigenvalue weighted by molar-refractivity contribution is 5.95. The fourth-order valence-electron chi connectivity index (χ4n) is 2.66. The molecule has 1 aliphatic heterocycles. The van der Waals surface area contributed by atoms with Gasteiger partial charge in [0.05, 0.1) is 0 Å². The Balaban J connectivity index is 2.04. The molecule has 0 radical (unpaired) electrons. The minimum Gasteiger partial charge on any atom is -0.286 e. The lowest BCUT2D eigenvalue weighted by molar-refractivity contribution is 0.565. The minimum atomic E-state index is 0.537. The Morgan fingerprint density at radius 3 is 2.68 bits per heavy atom. The molecule has 0 N–H and O–H groups in total. The van der Waals surface area contributed by atoms with Crippen LogP contribution >= 0.6 is 0 Å². The normalized spacial score (nSPS) is 22.9. The molecule has 2 rings (SSSR count). The second-order valence-corrected chi connectivity index (χ2v) is 5.55. The Bertz CT molecular complexity index is 442. The van der Waals surface area contributed by atoms with Gasteiger partial charge in [0.15, 0.2) is 0 Å². The van der Waals surface area contributed by atoms with E-state index in [1.807, 2.05) is 0 Å². The van der Waals surface area contributed by atoms with Crippen molar-refractivity contribution >= 4 is 5.71 Å². The van der Waals surface area contributed by atoms with Crippen molar-refractivity contribution in [2.75, 3.05) is 0 Å². The van der Waals surface area contributed by atoms with Crippen LogP contribution < -0.4 is 0 Å². The highest BCUT2D eigenvalue weighted by Gasteiger charge is 2.09. The maximum atomic E-state index is 4.96. The number of rotatable bonds is 4. The van der Waals surface area contributed by atoms with Crippen molar-refractivity contribution in [3.8, 4) is 0 Å². The van der Waals surface area contributed by atoms with Crippen LogP contribution in [0.25, 0.3) is 0 Å². The van der Waals surface area contributed by atoms with Gasteiger partial charge in [0.25, 0.3) is 0 Å². The molecule has 1 unspecified atom stereocenters. The molecule has 0 aliphatic carbocycles. The Morgan fingerprint density at radius 2 is 1.95 bits per heavy atom. The highest BCUT2D eigenvalue weighted by atomic mass is 14.8. The monoisotopic (exact) mass is 255 g/mol. The molecule has 0 saturated heterocycles. The molecule has 19 heavy (non-hydrogen) atoms. The Labute approximate surface area is 117 Å². The predicted octanol–water partition coefficient (Wildman–Crippen LogP) is 4.97. The van der Waals surface area contributed by atoms with E-state index in [4.69, 9.17) is 4.99 Å². The van der Waals surface area contributed by atoms with Crippen molar-refractivity contribution in [3.63, 3.8) is 0 Å². The molecule has 0 spiro atoms. The molecule has 0 aromatic heterocycles. The van der Waals surface area contributed by atoms with E-state index in [1.165, 1.54) is 42.5 Å². The van der Waals surface area contributed by atoms with Crippen molar-refractivity contribution < 1.29 is 0 Å². The smallest absolute Gasteiger partial charge is 0.0500 e. The lowest BCUT2D eigenvalue weighted by Crippen LogP contribution is -2.10. The van der Waals surface area contributed by atoms with Gasteiger partial charge in [0, 0.05) is 11.8 Å². The van der Waals surface area contributed by atoms with Gasteiger partial charge in [-0.2, -0.15) is 0 Å². The lowest BCUT2D eigenvalue weighted by Gasteiger charge is -2.16. The zero-order valence-electron chi connectivity index (χ0n) is 12.2. The lowest BCUT2D eigenvalue weighted by atomic mass is 9.98. The number of allylic oxidation sites excluding steroid dienone is 2. The molecular weight excluding hydrogens is 230 g/mol. The van der Waals surface area contributed by atoms with Crippen molar-refractivity contribution in [2.45, 2.75) is 58.4 Å². The number of aliphatic imine (C=N–C) groups is 1. The first kappa shape index (κ1) is 14.0. The summed E-state index contributed by atoms with van der Waals surface area (Å²) in [5, 5.41) is 0. The second kappa shape index (κ2) is 7.28. The Kier molecular flexibility index (Phi) is 5.38. The van der Waals surface area contributed by atoms with E-state index in [0.29, 0.717) is 6.04 Å². The van der Waals surface area contributed by atoms with Gasteiger partial charge in [-0.1, -0.05) is 42.8 Å². The average molecular weight is 255 g/mol. The molecule has 1 aliphatic rings. The van der Waals surface area contributed by atoms with Gasteiger partial charge in [0.1, 0.15) is 0 Å². The first-order chi connectivity index (χ1) is 9.28. The van der Waals surface area contributed by atoms with Gasteiger partial charge in [-0.05, 0) is 57.1 Å². The second-order valence-electron chi connectivity index (χ2n) is 5.55. The number of hydrogen-bond donors (Lipinski definition) is 0. The molecule has 1 heteroatoms. The summed E-state index contributed by atoms with van der Waals surface area (Å²) in [6, 6.07) is 11.3. The Morgan fingerprint density at radius 1 is 1.16 bits per heavy atom. The van der Waals surface area contributed by atoms with Crippen LogP contribution in [0, 0.1) is 0 Å². The van der Waals surface area contributed by atoms with Crippen LogP contribution in [0.3, 0.4) is 0 Å². The molecule has 1 aromatic carbocycles. The van der Waals surface area contributed by atoms with Crippen molar-refractivity contribution in [1.82, 2.24) is 0 Å². The molecule has 0 amide bonds. The van der Waals surface area contributed by atoms with E-state index in [9.17, 15) is 0 Å². The maximum Gasteiger partial charge on any atom is 0.0500 e. The zero-order chi connectivity index (χ0) is 13.5. The summed E-state index contributed by atoms with van der Waals surface area (Å²) in [7, 11) is 0. The van der Waals surface area contributed by atoms with Gasteiger partial charge in [-0.15, -0.1) is 0 Å². The Hall–Kier alpha value is -1.37. The first-order valence-electron chi connectivity index (χ1n) is 7.55. The zero-order valence-corrected chi connectivity index (χ0v) is 12.2. The van der Waals surface area contributed by atoms with E-state index in [0.717, 1.165) is 12.8 Å². The largest absolute Gasteiger partial charge is 0.286 e. The highest BCUT2D eigenvalue weighted by Crippen LogP contribution is 2.18. The van der Waals surface area contributed by atoms with Crippen LogP contribution in [0.1, 0.15) is 51.5 Å². The summed E-state index contributed by atoms with van der Waals surface area (Å²) in [5.41, 5.74) is 4.20. The van der Waals surface area contributed by atoms with Crippen LogP contribution in [0.5, 0.6) is 0 Å². The van der Waals surface area contributed by atoms with E-state index >= 15 is 0 Å². The van der Waals surface area contributed by atoms with Gasteiger partial charge in [0.2, 0.25) is 0 Å². The molecule has 1 atom stereocenters. The van der Waals surface area contributed by atoms with E-state index in [-0.39, 0.29) is 0 Å². The average Bonchev–Trinajstić information content (AvgIpc) is 2.42. The number of benzene rings is 1. The van der Waals surface area contributed by atoms with Crippen LogP contribution in [-0.4, -0.2) is 11.8 Å². The van der Waals surface area contributed by atoms with Gasteiger partial charge in [-0.3, -0.25) is 4.99 Å². The SMILES string of the molecule is CCC1CCC/C(C)=C\C(CCc2ccccc2)=N1. The van der Waals surface area contributed by atoms with Crippen LogP contribution in [0.15, 0.2) is 47.0 Å². The topological polar surface area (TPSA) is 12.4 Å². The predicted molar refractivity (Wildman–Crippen MR) is 83.9 cm³/mol. The third-order valence-corrected chi connectivity index (χ3v) is 3.85. The molecule has 102 valence electrons. The van der Waals surface area contributed by atoms with Gasteiger partial charge < -0.3 is 0 Å². The van der Waals surface area contributed by atoms with Crippen molar-refractivity contribution in [1.29, 1.82) is 0 Å². The quantitative estimate of drug-likeness (QED) is 0.720. The molecule has 1 heterocycles. The molecule has 0 bridgehead atoms.